The molecule has 1 fully saturated rings. The maximum Gasteiger partial charge on any atom is 0.248 e. The van der Waals surface area contributed by atoms with Gasteiger partial charge in [0.2, 0.25) is 5.92 Å². The van der Waals surface area contributed by atoms with E-state index >= 15 is 0 Å². The summed E-state index contributed by atoms with van der Waals surface area (Å²) in [7, 11) is 0. The van der Waals surface area contributed by atoms with Gasteiger partial charge in [0.1, 0.15) is 0 Å². The Bertz CT molecular complexity index is 419. The van der Waals surface area contributed by atoms with Crippen molar-refractivity contribution in [2.45, 2.75) is 51.5 Å². The molecule has 1 nitrogen and oxygen atoms in total. The molecule has 1 aliphatic rings. The van der Waals surface area contributed by atoms with Crippen LogP contribution in [0.25, 0.3) is 0 Å². The third kappa shape index (κ3) is 2.89. The molecule has 1 saturated carbocycles. The first-order chi connectivity index (χ1) is 8.39. The standard InChI is InChI=1S/C15H21F2N/c1-10-3-4-11(2)13(9-10)14(18)12-5-7-15(16,17)8-6-12/h3-4,9,12,14H,5-8,18H2,1-2H3. The second kappa shape index (κ2) is 4.96. The molecule has 0 saturated heterocycles. The number of aryl methyl sites for hydroxylation is 2. The summed E-state index contributed by atoms with van der Waals surface area (Å²) in [6.45, 7) is 4.07. The van der Waals surface area contributed by atoms with Crippen molar-refractivity contribution in [3.63, 3.8) is 0 Å². The Morgan fingerprint density at radius 2 is 1.83 bits per heavy atom. The summed E-state index contributed by atoms with van der Waals surface area (Å²) < 4.78 is 26.3. The highest BCUT2D eigenvalue weighted by molar-refractivity contribution is 5.33. The van der Waals surface area contributed by atoms with E-state index < -0.39 is 5.92 Å². The van der Waals surface area contributed by atoms with E-state index in [-0.39, 0.29) is 24.8 Å². The lowest BCUT2D eigenvalue weighted by Gasteiger charge is -2.32. The minimum Gasteiger partial charge on any atom is -0.324 e. The lowest BCUT2D eigenvalue weighted by atomic mass is 9.79. The topological polar surface area (TPSA) is 26.0 Å². The Balaban J connectivity index is 2.12. The van der Waals surface area contributed by atoms with Gasteiger partial charge in [0.05, 0.1) is 0 Å². The van der Waals surface area contributed by atoms with Crippen LogP contribution >= 0.6 is 0 Å². The van der Waals surface area contributed by atoms with Gasteiger partial charge in [0.25, 0.3) is 0 Å². The average molecular weight is 253 g/mol. The maximum absolute atomic E-state index is 13.1. The third-order valence-corrected chi connectivity index (χ3v) is 4.06. The van der Waals surface area contributed by atoms with Gasteiger partial charge in [-0.1, -0.05) is 23.8 Å². The van der Waals surface area contributed by atoms with Crippen LogP contribution in [0.3, 0.4) is 0 Å². The quantitative estimate of drug-likeness (QED) is 0.842. The Labute approximate surface area is 107 Å². The Kier molecular flexibility index (Phi) is 3.71. The molecule has 0 aliphatic heterocycles. The van der Waals surface area contributed by atoms with Gasteiger partial charge < -0.3 is 5.73 Å². The lowest BCUT2D eigenvalue weighted by molar-refractivity contribution is -0.0483. The summed E-state index contributed by atoms with van der Waals surface area (Å²) in [5, 5.41) is 0. The molecular weight excluding hydrogens is 232 g/mol. The van der Waals surface area contributed by atoms with Crippen molar-refractivity contribution in [2.75, 3.05) is 0 Å². The van der Waals surface area contributed by atoms with E-state index in [4.69, 9.17) is 5.73 Å². The number of halogens is 2. The SMILES string of the molecule is Cc1ccc(C)c(C(N)C2CCC(F)(F)CC2)c1. The predicted molar refractivity (Wildman–Crippen MR) is 69.7 cm³/mol. The summed E-state index contributed by atoms with van der Waals surface area (Å²) in [6.07, 6.45) is 1.02. The van der Waals surface area contributed by atoms with E-state index in [0.29, 0.717) is 12.8 Å². The van der Waals surface area contributed by atoms with Gasteiger partial charge in [-0.15, -0.1) is 0 Å². The number of alkyl halides is 2. The first-order valence-corrected chi connectivity index (χ1v) is 6.59. The molecule has 2 rings (SSSR count). The highest BCUT2D eigenvalue weighted by Crippen LogP contribution is 2.41. The molecule has 1 aromatic carbocycles. The van der Waals surface area contributed by atoms with E-state index in [2.05, 4.69) is 18.2 Å². The fourth-order valence-electron chi connectivity index (χ4n) is 2.79. The molecule has 0 bridgehead atoms. The second-order valence-corrected chi connectivity index (χ2v) is 5.58. The van der Waals surface area contributed by atoms with Crippen molar-refractivity contribution in [3.05, 3.63) is 34.9 Å². The number of hydrogen-bond acceptors (Lipinski definition) is 1. The van der Waals surface area contributed by atoms with Crippen LogP contribution < -0.4 is 5.73 Å². The molecule has 0 aromatic heterocycles. The van der Waals surface area contributed by atoms with Gasteiger partial charge in [-0.05, 0) is 43.7 Å². The molecule has 1 atom stereocenters. The smallest absolute Gasteiger partial charge is 0.248 e. The van der Waals surface area contributed by atoms with E-state index in [0.717, 1.165) is 11.1 Å². The zero-order valence-corrected chi connectivity index (χ0v) is 11.0. The number of benzene rings is 1. The van der Waals surface area contributed by atoms with Gasteiger partial charge in [-0.3, -0.25) is 0 Å². The van der Waals surface area contributed by atoms with Crippen molar-refractivity contribution in [1.82, 2.24) is 0 Å². The minimum atomic E-state index is -2.47. The highest BCUT2D eigenvalue weighted by atomic mass is 19.3. The molecule has 3 heteroatoms. The van der Waals surface area contributed by atoms with Gasteiger partial charge in [-0.2, -0.15) is 0 Å². The monoisotopic (exact) mass is 253 g/mol. The summed E-state index contributed by atoms with van der Waals surface area (Å²) in [6, 6.07) is 6.09. The summed E-state index contributed by atoms with van der Waals surface area (Å²) in [5.74, 6) is -2.29. The van der Waals surface area contributed by atoms with Crippen molar-refractivity contribution in [2.24, 2.45) is 11.7 Å². The molecule has 0 heterocycles. The van der Waals surface area contributed by atoms with Crippen LogP contribution in [0.4, 0.5) is 8.78 Å². The molecule has 1 aliphatic carbocycles. The van der Waals surface area contributed by atoms with Crippen molar-refractivity contribution in [1.29, 1.82) is 0 Å². The fourth-order valence-corrected chi connectivity index (χ4v) is 2.79. The van der Waals surface area contributed by atoms with Gasteiger partial charge in [-0.25, -0.2) is 8.78 Å². The summed E-state index contributed by atoms with van der Waals surface area (Å²) in [5.41, 5.74) is 9.73. The van der Waals surface area contributed by atoms with Crippen molar-refractivity contribution < 1.29 is 8.78 Å². The molecule has 100 valence electrons. The Morgan fingerprint density at radius 3 is 2.44 bits per heavy atom. The maximum atomic E-state index is 13.1. The van der Waals surface area contributed by atoms with Crippen molar-refractivity contribution >= 4 is 0 Å². The molecule has 2 N–H and O–H groups in total. The normalized spacial score (nSPS) is 21.8. The minimum absolute atomic E-state index is 0.0176. The summed E-state index contributed by atoms with van der Waals surface area (Å²) in [4.78, 5) is 0. The first-order valence-electron chi connectivity index (χ1n) is 6.59. The van der Waals surface area contributed by atoms with Crippen LogP contribution in [0, 0.1) is 19.8 Å². The fraction of sp³-hybridized carbons (Fsp3) is 0.600. The molecule has 0 spiro atoms. The van der Waals surface area contributed by atoms with Crippen LogP contribution in [0.5, 0.6) is 0 Å². The van der Waals surface area contributed by atoms with E-state index in [1.165, 1.54) is 5.56 Å². The van der Waals surface area contributed by atoms with Crippen LogP contribution in [0.15, 0.2) is 18.2 Å². The van der Waals surface area contributed by atoms with E-state index in [9.17, 15) is 8.78 Å². The van der Waals surface area contributed by atoms with Gasteiger partial charge in [0.15, 0.2) is 0 Å². The van der Waals surface area contributed by atoms with Crippen LogP contribution in [0.1, 0.15) is 48.4 Å². The molecule has 1 aromatic rings. The molecule has 0 radical (unpaired) electrons. The Morgan fingerprint density at radius 1 is 1.22 bits per heavy atom. The third-order valence-electron chi connectivity index (χ3n) is 4.06. The van der Waals surface area contributed by atoms with Crippen LogP contribution in [0.2, 0.25) is 0 Å². The van der Waals surface area contributed by atoms with E-state index in [1.807, 2.05) is 13.8 Å². The second-order valence-electron chi connectivity index (χ2n) is 5.58. The number of hydrogen-bond donors (Lipinski definition) is 1. The van der Waals surface area contributed by atoms with Crippen LogP contribution in [-0.2, 0) is 0 Å². The number of nitrogens with two attached hydrogens (primary N) is 1. The highest BCUT2D eigenvalue weighted by Gasteiger charge is 2.37. The lowest BCUT2D eigenvalue weighted by Crippen LogP contribution is -2.31. The zero-order chi connectivity index (χ0) is 13.3. The molecule has 0 amide bonds. The van der Waals surface area contributed by atoms with E-state index in [1.54, 1.807) is 0 Å². The molecule has 18 heavy (non-hydrogen) atoms. The molecular formula is C15H21F2N. The van der Waals surface area contributed by atoms with Crippen LogP contribution in [-0.4, -0.2) is 5.92 Å². The number of rotatable bonds is 2. The predicted octanol–water partition coefficient (Wildman–Crippen LogP) is 4.13. The molecule has 1 unspecified atom stereocenters. The largest absolute Gasteiger partial charge is 0.324 e. The zero-order valence-electron chi connectivity index (χ0n) is 11.0. The first kappa shape index (κ1) is 13.5. The van der Waals surface area contributed by atoms with Gasteiger partial charge >= 0.3 is 0 Å². The van der Waals surface area contributed by atoms with Gasteiger partial charge in [0, 0.05) is 18.9 Å². The van der Waals surface area contributed by atoms with Crippen molar-refractivity contribution in [3.8, 4) is 0 Å². The summed E-state index contributed by atoms with van der Waals surface area (Å²) >= 11 is 0. The average Bonchev–Trinajstić information content (AvgIpc) is 2.31. The Hall–Kier alpha value is -0.960.